The number of hydrogen-bond acceptors (Lipinski definition) is 4. The van der Waals surface area contributed by atoms with E-state index in [0.29, 0.717) is 17.9 Å². The molecule has 0 atom stereocenters. The Morgan fingerprint density at radius 2 is 2.33 bits per heavy atom. The van der Waals surface area contributed by atoms with E-state index in [1.54, 1.807) is 6.20 Å². The first-order valence-electron chi connectivity index (χ1n) is 5.89. The summed E-state index contributed by atoms with van der Waals surface area (Å²) in [6.07, 6.45) is 1.74. The molecular formula is C12H16N4OS. The third-order valence-corrected chi connectivity index (χ3v) is 2.97. The molecule has 0 aliphatic rings. The zero-order valence-electron chi connectivity index (χ0n) is 10.5. The summed E-state index contributed by atoms with van der Waals surface area (Å²) in [5.41, 5.74) is 2.13. The number of rotatable bonds is 4. The van der Waals surface area contributed by atoms with Crippen molar-refractivity contribution in [2.45, 2.75) is 20.4 Å². The molecule has 18 heavy (non-hydrogen) atoms. The van der Waals surface area contributed by atoms with Crippen LogP contribution in [0.25, 0.3) is 11.0 Å². The predicted molar refractivity (Wildman–Crippen MR) is 74.1 cm³/mol. The van der Waals surface area contributed by atoms with Gasteiger partial charge in [0.1, 0.15) is 0 Å². The number of thiol groups is 1. The van der Waals surface area contributed by atoms with E-state index in [1.165, 1.54) is 0 Å². The van der Waals surface area contributed by atoms with E-state index >= 15 is 0 Å². The summed E-state index contributed by atoms with van der Waals surface area (Å²) in [6, 6.07) is 1.84. The van der Waals surface area contributed by atoms with Crippen LogP contribution in [0.2, 0.25) is 0 Å². The van der Waals surface area contributed by atoms with E-state index < -0.39 is 0 Å². The molecule has 0 saturated heterocycles. The second kappa shape index (κ2) is 5.39. The van der Waals surface area contributed by atoms with Gasteiger partial charge in [-0.15, -0.1) is 0 Å². The minimum atomic E-state index is -0.111. The molecule has 0 aromatic carbocycles. The van der Waals surface area contributed by atoms with Crippen molar-refractivity contribution < 1.29 is 4.79 Å². The van der Waals surface area contributed by atoms with Crippen LogP contribution in [0.3, 0.4) is 0 Å². The third kappa shape index (κ3) is 2.33. The summed E-state index contributed by atoms with van der Waals surface area (Å²) < 4.78 is 1.82. The first-order valence-corrected chi connectivity index (χ1v) is 6.52. The van der Waals surface area contributed by atoms with Gasteiger partial charge in [-0.2, -0.15) is 17.7 Å². The highest BCUT2D eigenvalue weighted by Crippen LogP contribution is 2.16. The maximum absolute atomic E-state index is 11.9. The second-order valence-electron chi connectivity index (χ2n) is 3.97. The molecule has 0 bridgehead atoms. The zero-order valence-corrected chi connectivity index (χ0v) is 11.4. The Labute approximate surface area is 111 Å². The molecule has 1 amide bonds. The average molecular weight is 264 g/mol. The van der Waals surface area contributed by atoms with Crippen molar-refractivity contribution in [3.8, 4) is 0 Å². The van der Waals surface area contributed by atoms with Crippen molar-refractivity contribution in [3.05, 3.63) is 23.5 Å². The maximum Gasteiger partial charge on any atom is 0.253 e. The largest absolute Gasteiger partial charge is 0.351 e. The summed E-state index contributed by atoms with van der Waals surface area (Å²) in [4.78, 5) is 16.4. The molecule has 0 unspecified atom stereocenters. The first-order chi connectivity index (χ1) is 8.67. The molecule has 2 aromatic heterocycles. The lowest BCUT2D eigenvalue weighted by molar-refractivity contribution is 0.0955. The Morgan fingerprint density at radius 1 is 1.56 bits per heavy atom. The number of nitrogens with one attached hydrogen (secondary N) is 1. The molecule has 5 nitrogen and oxygen atoms in total. The summed E-state index contributed by atoms with van der Waals surface area (Å²) in [5, 5.41) is 7.91. The van der Waals surface area contributed by atoms with Crippen molar-refractivity contribution >= 4 is 29.6 Å². The third-order valence-electron chi connectivity index (χ3n) is 2.74. The molecule has 6 heteroatoms. The lowest BCUT2D eigenvalue weighted by Crippen LogP contribution is -2.26. The fraction of sp³-hybridized carbons (Fsp3) is 0.417. The highest BCUT2D eigenvalue weighted by atomic mass is 32.1. The molecule has 0 fully saturated rings. The van der Waals surface area contributed by atoms with Crippen LogP contribution in [0.4, 0.5) is 0 Å². The van der Waals surface area contributed by atoms with Gasteiger partial charge in [0, 0.05) is 24.2 Å². The zero-order chi connectivity index (χ0) is 13.1. The molecule has 1 N–H and O–H groups in total. The van der Waals surface area contributed by atoms with Crippen molar-refractivity contribution in [2.75, 3.05) is 12.3 Å². The van der Waals surface area contributed by atoms with Gasteiger partial charge in [-0.05, 0) is 19.9 Å². The number of aromatic nitrogens is 3. The lowest BCUT2D eigenvalue weighted by atomic mass is 10.1. The molecular weight excluding hydrogens is 248 g/mol. The van der Waals surface area contributed by atoms with Crippen molar-refractivity contribution in [1.82, 2.24) is 20.1 Å². The fourth-order valence-electron chi connectivity index (χ4n) is 1.82. The number of nitrogens with zero attached hydrogens (tertiary/aromatic N) is 3. The molecule has 0 aliphatic heterocycles. The molecule has 0 aliphatic carbocycles. The van der Waals surface area contributed by atoms with Gasteiger partial charge < -0.3 is 5.32 Å². The Kier molecular flexibility index (Phi) is 3.86. The summed E-state index contributed by atoms with van der Waals surface area (Å²) in [6.45, 7) is 5.16. The number of aryl methyl sites for hydroxylation is 2. The number of carbonyl (C=O) groups excluding carboxylic acids is 1. The number of pyridine rings is 1. The monoisotopic (exact) mass is 264 g/mol. The minimum Gasteiger partial charge on any atom is -0.351 e. The van der Waals surface area contributed by atoms with E-state index in [1.807, 2.05) is 24.6 Å². The van der Waals surface area contributed by atoms with Crippen LogP contribution in [0.1, 0.15) is 23.0 Å². The van der Waals surface area contributed by atoms with Crippen molar-refractivity contribution in [1.29, 1.82) is 0 Å². The smallest absolute Gasteiger partial charge is 0.253 e. The summed E-state index contributed by atoms with van der Waals surface area (Å²) in [7, 11) is 0. The van der Waals surface area contributed by atoms with E-state index in [2.05, 4.69) is 28.0 Å². The normalized spacial score (nSPS) is 10.8. The van der Waals surface area contributed by atoms with Gasteiger partial charge in [0.15, 0.2) is 5.65 Å². The van der Waals surface area contributed by atoms with Crippen LogP contribution in [0.15, 0.2) is 12.3 Å². The van der Waals surface area contributed by atoms with Crippen LogP contribution in [-0.2, 0) is 6.54 Å². The Balaban J connectivity index is 2.40. The van der Waals surface area contributed by atoms with Crippen LogP contribution >= 0.6 is 12.6 Å². The molecule has 2 heterocycles. The predicted octanol–water partition coefficient (Wildman–Crippen LogP) is 1.42. The quantitative estimate of drug-likeness (QED) is 0.821. The summed E-state index contributed by atoms with van der Waals surface area (Å²) >= 11 is 4.06. The van der Waals surface area contributed by atoms with Crippen molar-refractivity contribution in [2.24, 2.45) is 0 Å². The molecule has 0 spiro atoms. The van der Waals surface area contributed by atoms with Crippen LogP contribution in [0.5, 0.6) is 0 Å². The van der Waals surface area contributed by atoms with Gasteiger partial charge in [0.2, 0.25) is 0 Å². The van der Waals surface area contributed by atoms with Gasteiger partial charge in [0.05, 0.1) is 17.5 Å². The molecule has 96 valence electrons. The molecule has 2 rings (SSSR count). The minimum absolute atomic E-state index is 0.111. The van der Waals surface area contributed by atoms with E-state index in [9.17, 15) is 4.79 Å². The molecule has 0 saturated carbocycles. The van der Waals surface area contributed by atoms with Gasteiger partial charge in [0.25, 0.3) is 5.91 Å². The standard InChI is InChI=1S/C12H16N4OS/c1-3-16-11-9(7-14-16)6-10(8(2)15-11)12(17)13-4-5-18/h6-7,18H,3-5H2,1-2H3,(H,13,17). The van der Waals surface area contributed by atoms with E-state index in [0.717, 1.165) is 23.3 Å². The van der Waals surface area contributed by atoms with Gasteiger partial charge >= 0.3 is 0 Å². The first kappa shape index (κ1) is 12.9. The SMILES string of the molecule is CCn1ncc2cc(C(=O)NCCS)c(C)nc21. The second-order valence-corrected chi connectivity index (χ2v) is 4.42. The lowest BCUT2D eigenvalue weighted by Gasteiger charge is -2.07. The number of hydrogen-bond donors (Lipinski definition) is 2. The van der Waals surface area contributed by atoms with Gasteiger partial charge in [-0.1, -0.05) is 0 Å². The van der Waals surface area contributed by atoms with Crippen molar-refractivity contribution in [3.63, 3.8) is 0 Å². The number of amides is 1. The fourth-order valence-corrected chi connectivity index (χ4v) is 1.93. The van der Waals surface area contributed by atoms with E-state index in [-0.39, 0.29) is 5.91 Å². The van der Waals surface area contributed by atoms with Crippen LogP contribution in [0, 0.1) is 6.92 Å². The average Bonchev–Trinajstić information content (AvgIpc) is 2.76. The van der Waals surface area contributed by atoms with Crippen LogP contribution in [-0.4, -0.2) is 33.0 Å². The van der Waals surface area contributed by atoms with Gasteiger partial charge in [-0.3, -0.25) is 4.79 Å². The van der Waals surface area contributed by atoms with Gasteiger partial charge in [-0.25, -0.2) is 9.67 Å². The Hall–Kier alpha value is -1.56. The highest BCUT2D eigenvalue weighted by molar-refractivity contribution is 7.80. The van der Waals surface area contributed by atoms with Crippen LogP contribution < -0.4 is 5.32 Å². The number of fused-ring (bicyclic) bond motifs is 1. The summed E-state index contributed by atoms with van der Waals surface area (Å²) in [5.74, 6) is 0.508. The number of carbonyl (C=O) groups is 1. The topological polar surface area (TPSA) is 59.8 Å². The Bertz CT molecular complexity index is 579. The highest BCUT2D eigenvalue weighted by Gasteiger charge is 2.13. The molecule has 0 radical (unpaired) electrons. The molecule has 2 aromatic rings. The maximum atomic E-state index is 11.9. The van der Waals surface area contributed by atoms with E-state index in [4.69, 9.17) is 0 Å². The Morgan fingerprint density at radius 3 is 3.00 bits per heavy atom.